The van der Waals surface area contributed by atoms with Gasteiger partial charge in [-0.05, 0) is 11.6 Å². The maximum Gasteiger partial charge on any atom is 0.0538 e. The Hall–Kier alpha value is -1.54. The van der Waals surface area contributed by atoms with Crippen LogP contribution in [0.4, 0.5) is 0 Å². The maximum absolute atomic E-state index is 3.83. The Bertz CT molecular complexity index is 652. The number of fused-ring (bicyclic) bond motifs is 3. The van der Waals surface area contributed by atoms with Gasteiger partial charge >= 0.3 is 0 Å². The van der Waals surface area contributed by atoms with Crippen LogP contribution >= 0.6 is 17.0 Å². The van der Waals surface area contributed by atoms with Crippen LogP contribution in [0.2, 0.25) is 0 Å². The molecule has 0 aliphatic carbocycles. The highest BCUT2D eigenvalue weighted by molar-refractivity contribution is 8.93. The van der Waals surface area contributed by atoms with Gasteiger partial charge in [0.15, 0.2) is 0 Å². The number of aromatic nitrogens is 1. The molecule has 0 aliphatic rings. The van der Waals surface area contributed by atoms with E-state index >= 15 is 0 Å². The largest absolute Gasteiger partial charge is 0.354 e. The maximum atomic E-state index is 3.83. The molecule has 0 spiro atoms. The lowest BCUT2D eigenvalue weighted by atomic mass is 10.1. The number of aromatic amines is 1. The first kappa shape index (κ1) is 11.0. The van der Waals surface area contributed by atoms with E-state index in [0.29, 0.717) is 0 Å². The molecule has 1 heterocycles. The molecule has 0 saturated heterocycles. The molecule has 2 heteroatoms. The van der Waals surface area contributed by atoms with Crippen LogP contribution in [0.15, 0.2) is 49.0 Å². The van der Waals surface area contributed by atoms with E-state index in [0.717, 1.165) is 5.56 Å². The summed E-state index contributed by atoms with van der Waals surface area (Å²) in [5.41, 5.74) is 3.51. The van der Waals surface area contributed by atoms with Gasteiger partial charge in [0.05, 0.1) is 5.52 Å². The van der Waals surface area contributed by atoms with Crippen LogP contribution in [0.25, 0.3) is 27.9 Å². The Kier molecular flexibility index (Phi) is 2.84. The second kappa shape index (κ2) is 4.14. The van der Waals surface area contributed by atoms with Crippen molar-refractivity contribution in [3.63, 3.8) is 0 Å². The number of rotatable bonds is 1. The van der Waals surface area contributed by atoms with E-state index in [9.17, 15) is 0 Å². The fourth-order valence-electron chi connectivity index (χ4n) is 2.07. The highest BCUT2D eigenvalue weighted by Gasteiger charge is 2.04. The number of para-hydroxylation sites is 2. The van der Waals surface area contributed by atoms with Crippen molar-refractivity contribution < 1.29 is 0 Å². The van der Waals surface area contributed by atoms with Crippen LogP contribution in [0.5, 0.6) is 0 Å². The summed E-state index contributed by atoms with van der Waals surface area (Å²) in [6.07, 6.45) is 1.89. The van der Waals surface area contributed by atoms with E-state index in [4.69, 9.17) is 0 Å². The van der Waals surface area contributed by atoms with Crippen molar-refractivity contribution in [1.29, 1.82) is 0 Å². The van der Waals surface area contributed by atoms with Crippen LogP contribution < -0.4 is 0 Å². The molecule has 3 rings (SSSR count). The molecule has 1 nitrogen and oxygen atoms in total. The van der Waals surface area contributed by atoms with E-state index < -0.39 is 0 Å². The quantitative estimate of drug-likeness (QED) is 0.670. The second-order valence-corrected chi connectivity index (χ2v) is 3.64. The van der Waals surface area contributed by atoms with Crippen molar-refractivity contribution in [1.82, 2.24) is 4.98 Å². The van der Waals surface area contributed by atoms with E-state index in [1.165, 1.54) is 21.8 Å². The van der Waals surface area contributed by atoms with E-state index in [1.807, 2.05) is 12.1 Å². The molecule has 3 aromatic rings. The average Bonchev–Trinajstić information content (AvgIpc) is 2.67. The van der Waals surface area contributed by atoms with Gasteiger partial charge in [0.2, 0.25) is 0 Å². The standard InChI is InChI=1S/C14H11N.BrH/c1-2-10-6-5-8-12-11-7-3-4-9-13(11)15-14(10)12;/h2-9,15H,1H2;1H. The minimum absolute atomic E-state index is 0. The number of H-pyrrole nitrogens is 1. The third-order valence-electron chi connectivity index (χ3n) is 2.79. The predicted molar refractivity (Wildman–Crippen MR) is 76.2 cm³/mol. The van der Waals surface area contributed by atoms with Crippen molar-refractivity contribution in [2.45, 2.75) is 0 Å². The van der Waals surface area contributed by atoms with Crippen LogP contribution in [0.3, 0.4) is 0 Å². The SMILES string of the molecule is Br.C=Cc1cccc2c1[nH]c1ccccc12. The molecule has 0 fully saturated rings. The van der Waals surface area contributed by atoms with E-state index in [1.54, 1.807) is 0 Å². The molecule has 0 atom stereocenters. The summed E-state index contributed by atoms with van der Waals surface area (Å²) in [4.78, 5) is 3.43. The molecule has 0 aliphatic heterocycles. The fourth-order valence-corrected chi connectivity index (χ4v) is 2.07. The topological polar surface area (TPSA) is 15.8 Å². The number of hydrogen-bond acceptors (Lipinski definition) is 0. The normalized spacial score (nSPS) is 10.2. The number of hydrogen-bond donors (Lipinski definition) is 1. The Morgan fingerprint density at radius 1 is 0.938 bits per heavy atom. The molecular formula is C14H12BrN. The van der Waals surface area contributed by atoms with Crippen LogP contribution in [-0.2, 0) is 0 Å². The number of halogens is 1. The van der Waals surface area contributed by atoms with Gasteiger partial charge in [-0.15, -0.1) is 17.0 Å². The van der Waals surface area contributed by atoms with Gasteiger partial charge in [-0.2, -0.15) is 0 Å². The lowest BCUT2D eigenvalue weighted by Crippen LogP contribution is -1.73. The minimum atomic E-state index is 0. The van der Waals surface area contributed by atoms with Crippen molar-refractivity contribution in [2.75, 3.05) is 0 Å². The van der Waals surface area contributed by atoms with Crippen LogP contribution in [-0.4, -0.2) is 4.98 Å². The van der Waals surface area contributed by atoms with Crippen molar-refractivity contribution >= 4 is 44.9 Å². The van der Waals surface area contributed by atoms with Crippen LogP contribution in [0, 0.1) is 0 Å². The minimum Gasteiger partial charge on any atom is -0.354 e. The van der Waals surface area contributed by atoms with Crippen molar-refractivity contribution in [3.8, 4) is 0 Å². The summed E-state index contributed by atoms with van der Waals surface area (Å²) in [5.74, 6) is 0. The Labute approximate surface area is 105 Å². The molecule has 80 valence electrons. The molecule has 0 radical (unpaired) electrons. The summed E-state index contributed by atoms with van der Waals surface area (Å²) in [6.45, 7) is 3.83. The summed E-state index contributed by atoms with van der Waals surface area (Å²) in [7, 11) is 0. The van der Waals surface area contributed by atoms with Gasteiger partial charge in [-0.3, -0.25) is 0 Å². The lowest BCUT2D eigenvalue weighted by molar-refractivity contribution is 1.53. The van der Waals surface area contributed by atoms with Gasteiger partial charge < -0.3 is 4.98 Å². The zero-order chi connectivity index (χ0) is 10.3. The zero-order valence-corrected chi connectivity index (χ0v) is 10.4. The second-order valence-electron chi connectivity index (χ2n) is 3.64. The molecule has 2 aromatic carbocycles. The van der Waals surface area contributed by atoms with Gasteiger partial charge in [0.25, 0.3) is 0 Å². The first-order chi connectivity index (χ1) is 7.40. The predicted octanol–water partition coefficient (Wildman–Crippen LogP) is 4.54. The molecule has 1 aromatic heterocycles. The number of nitrogens with one attached hydrogen (secondary N) is 1. The monoisotopic (exact) mass is 273 g/mol. The van der Waals surface area contributed by atoms with Gasteiger partial charge in [0.1, 0.15) is 0 Å². The van der Waals surface area contributed by atoms with Crippen molar-refractivity contribution in [2.24, 2.45) is 0 Å². The molecule has 0 saturated carbocycles. The van der Waals surface area contributed by atoms with Gasteiger partial charge in [-0.25, -0.2) is 0 Å². The average molecular weight is 274 g/mol. The van der Waals surface area contributed by atoms with E-state index in [-0.39, 0.29) is 17.0 Å². The summed E-state index contributed by atoms with van der Waals surface area (Å²) in [5, 5.41) is 2.54. The molecule has 0 amide bonds. The number of benzene rings is 2. The third kappa shape index (κ3) is 1.46. The Morgan fingerprint density at radius 3 is 2.50 bits per heavy atom. The first-order valence-corrected chi connectivity index (χ1v) is 5.02. The molecular weight excluding hydrogens is 262 g/mol. The zero-order valence-electron chi connectivity index (χ0n) is 8.73. The summed E-state index contributed by atoms with van der Waals surface area (Å²) < 4.78 is 0. The third-order valence-corrected chi connectivity index (χ3v) is 2.79. The molecule has 1 N–H and O–H groups in total. The molecule has 0 bridgehead atoms. The van der Waals surface area contributed by atoms with Crippen LogP contribution in [0.1, 0.15) is 5.56 Å². The molecule has 0 unspecified atom stereocenters. The van der Waals surface area contributed by atoms with Gasteiger partial charge in [0, 0.05) is 16.3 Å². The summed E-state index contributed by atoms with van der Waals surface area (Å²) in [6, 6.07) is 14.6. The smallest absolute Gasteiger partial charge is 0.0538 e. The lowest BCUT2D eigenvalue weighted by Gasteiger charge is -1.94. The highest BCUT2D eigenvalue weighted by Crippen LogP contribution is 2.27. The fraction of sp³-hybridized carbons (Fsp3) is 0. The molecule has 16 heavy (non-hydrogen) atoms. The Balaban J connectivity index is 0.000000963. The first-order valence-electron chi connectivity index (χ1n) is 5.02. The summed E-state index contributed by atoms with van der Waals surface area (Å²) >= 11 is 0. The van der Waals surface area contributed by atoms with Crippen molar-refractivity contribution in [3.05, 3.63) is 54.6 Å². The Morgan fingerprint density at radius 2 is 1.69 bits per heavy atom. The van der Waals surface area contributed by atoms with Gasteiger partial charge in [-0.1, -0.05) is 49.1 Å². The highest BCUT2D eigenvalue weighted by atomic mass is 79.9. The van der Waals surface area contributed by atoms with E-state index in [2.05, 4.69) is 48.0 Å².